The number of thiazole rings is 1. The Hall–Kier alpha value is -1.09. The average molecular weight is 220 g/mol. The molecule has 1 heterocycles. The summed E-state index contributed by atoms with van der Waals surface area (Å²) in [6.07, 6.45) is 2.38. The van der Waals surface area contributed by atoms with E-state index in [9.17, 15) is 0 Å². The molecule has 2 N–H and O–H groups in total. The quantitative estimate of drug-likeness (QED) is 0.860. The van der Waals surface area contributed by atoms with Crippen LogP contribution in [-0.2, 0) is 6.42 Å². The van der Waals surface area contributed by atoms with Crippen LogP contribution in [0.3, 0.4) is 0 Å². The molecule has 0 aliphatic rings. The van der Waals surface area contributed by atoms with Crippen molar-refractivity contribution < 1.29 is 0 Å². The zero-order valence-electron chi connectivity index (χ0n) is 9.16. The number of hydrogen-bond acceptors (Lipinski definition) is 3. The van der Waals surface area contributed by atoms with Gasteiger partial charge in [-0.25, -0.2) is 4.98 Å². The summed E-state index contributed by atoms with van der Waals surface area (Å²) in [4.78, 5) is 4.25. The normalized spacial score (nSPS) is 11.4. The van der Waals surface area contributed by atoms with Crippen LogP contribution in [0.15, 0.2) is 18.2 Å². The summed E-state index contributed by atoms with van der Waals surface area (Å²) in [5.41, 5.74) is 8.08. The van der Waals surface area contributed by atoms with E-state index in [1.165, 1.54) is 16.7 Å². The molecule has 1 aromatic heterocycles. The Labute approximate surface area is 94.1 Å². The zero-order valence-corrected chi connectivity index (χ0v) is 9.97. The monoisotopic (exact) mass is 220 g/mol. The number of hydrogen-bond donors (Lipinski definition) is 1. The van der Waals surface area contributed by atoms with Crippen molar-refractivity contribution in [2.75, 3.05) is 5.73 Å². The van der Waals surface area contributed by atoms with Crippen LogP contribution in [0, 0.1) is 5.92 Å². The fraction of sp³-hybridized carbons (Fsp3) is 0.417. The first kappa shape index (κ1) is 10.4. The molecular formula is C12H16N2S. The van der Waals surface area contributed by atoms with Gasteiger partial charge in [0.05, 0.1) is 10.2 Å². The third kappa shape index (κ3) is 2.48. The number of aromatic nitrogens is 1. The minimum Gasteiger partial charge on any atom is -0.375 e. The predicted molar refractivity (Wildman–Crippen MR) is 67.2 cm³/mol. The SMILES string of the molecule is CC(C)CCc1ccc2nc(N)sc2c1. The minimum absolute atomic E-state index is 0.658. The van der Waals surface area contributed by atoms with Crippen LogP contribution >= 0.6 is 11.3 Å². The summed E-state index contributed by atoms with van der Waals surface area (Å²) in [6.45, 7) is 4.51. The molecule has 80 valence electrons. The van der Waals surface area contributed by atoms with Crippen LogP contribution in [0.5, 0.6) is 0 Å². The van der Waals surface area contributed by atoms with Gasteiger partial charge in [-0.2, -0.15) is 0 Å². The molecule has 15 heavy (non-hydrogen) atoms. The zero-order chi connectivity index (χ0) is 10.8. The van der Waals surface area contributed by atoms with Gasteiger partial charge >= 0.3 is 0 Å². The second kappa shape index (κ2) is 4.19. The standard InChI is InChI=1S/C12H16N2S/c1-8(2)3-4-9-5-6-10-11(7-9)15-12(13)14-10/h5-8H,3-4H2,1-2H3,(H2,13,14). The summed E-state index contributed by atoms with van der Waals surface area (Å²) in [5, 5.41) is 0.658. The summed E-state index contributed by atoms with van der Waals surface area (Å²) in [7, 11) is 0. The summed E-state index contributed by atoms with van der Waals surface area (Å²) >= 11 is 1.57. The van der Waals surface area contributed by atoms with E-state index in [4.69, 9.17) is 5.73 Å². The maximum absolute atomic E-state index is 5.67. The highest BCUT2D eigenvalue weighted by atomic mass is 32.1. The van der Waals surface area contributed by atoms with Gasteiger partial charge in [0.2, 0.25) is 0 Å². The number of nitrogens with zero attached hydrogens (tertiary/aromatic N) is 1. The lowest BCUT2D eigenvalue weighted by Gasteiger charge is -2.04. The largest absolute Gasteiger partial charge is 0.375 e. The van der Waals surface area contributed by atoms with E-state index in [0.29, 0.717) is 5.13 Å². The van der Waals surface area contributed by atoms with Gasteiger partial charge in [0.15, 0.2) is 5.13 Å². The van der Waals surface area contributed by atoms with E-state index >= 15 is 0 Å². The molecule has 0 saturated carbocycles. The summed E-state index contributed by atoms with van der Waals surface area (Å²) < 4.78 is 1.20. The maximum Gasteiger partial charge on any atom is 0.181 e. The van der Waals surface area contributed by atoms with Crippen molar-refractivity contribution in [3.05, 3.63) is 23.8 Å². The Balaban J connectivity index is 2.22. The van der Waals surface area contributed by atoms with Crippen molar-refractivity contribution in [1.29, 1.82) is 0 Å². The molecule has 0 atom stereocenters. The molecule has 2 rings (SSSR count). The van der Waals surface area contributed by atoms with E-state index in [1.807, 2.05) is 0 Å². The van der Waals surface area contributed by atoms with Gasteiger partial charge in [-0.3, -0.25) is 0 Å². The van der Waals surface area contributed by atoms with Gasteiger partial charge < -0.3 is 5.73 Å². The van der Waals surface area contributed by atoms with E-state index in [1.54, 1.807) is 11.3 Å². The Morgan fingerprint density at radius 3 is 2.93 bits per heavy atom. The highest BCUT2D eigenvalue weighted by molar-refractivity contribution is 7.22. The highest BCUT2D eigenvalue weighted by Crippen LogP contribution is 2.25. The number of benzene rings is 1. The molecule has 0 bridgehead atoms. The Morgan fingerprint density at radius 1 is 1.40 bits per heavy atom. The number of fused-ring (bicyclic) bond motifs is 1. The fourth-order valence-electron chi connectivity index (χ4n) is 1.60. The molecule has 2 aromatic rings. The number of rotatable bonds is 3. The number of nitrogens with two attached hydrogens (primary N) is 1. The lowest BCUT2D eigenvalue weighted by Crippen LogP contribution is -1.91. The van der Waals surface area contributed by atoms with Crippen molar-refractivity contribution in [2.24, 2.45) is 5.92 Å². The molecule has 3 heteroatoms. The number of nitrogen functional groups attached to an aromatic ring is 1. The second-order valence-electron chi connectivity index (χ2n) is 4.29. The van der Waals surface area contributed by atoms with Crippen LogP contribution in [0.25, 0.3) is 10.2 Å². The van der Waals surface area contributed by atoms with Crippen LogP contribution in [0.2, 0.25) is 0 Å². The van der Waals surface area contributed by atoms with E-state index in [-0.39, 0.29) is 0 Å². The van der Waals surface area contributed by atoms with Gasteiger partial charge in [-0.1, -0.05) is 31.3 Å². The Bertz CT molecular complexity index is 460. The number of anilines is 1. The van der Waals surface area contributed by atoms with Crippen molar-refractivity contribution in [3.8, 4) is 0 Å². The molecule has 0 amide bonds. The lowest BCUT2D eigenvalue weighted by molar-refractivity contribution is 0.587. The van der Waals surface area contributed by atoms with Crippen molar-refractivity contribution >= 4 is 26.7 Å². The topological polar surface area (TPSA) is 38.9 Å². The third-order valence-corrected chi connectivity index (χ3v) is 3.33. The Morgan fingerprint density at radius 2 is 2.20 bits per heavy atom. The van der Waals surface area contributed by atoms with E-state index in [0.717, 1.165) is 17.9 Å². The second-order valence-corrected chi connectivity index (χ2v) is 5.35. The van der Waals surface area contributed by atoms with Crippen molar-refractivity contribution in [2.45, 2.75) is 26.7 Å². The molecule has 0 fully saturated rings. The van der Waals surface area contributed by atoms with Gasteiger partial charge in [-0.15, -0.1) is 0 Å². The lowest BCUT2D eigenvalue weighted by atomic mass is 10.0. The molecule has 0 aliphatic carbocycles. The maximum atomic E-state index is 5.67. The van der Waals surface area contributed by atoms with Gasteiger partial charge in [-0.05, 0) is 36.5 Å². The van der Waals surface area contributed by atoms with Crippen LogP contribution < -0.4 is 5.73 Å². The molecule has 2 nitrogen and oxygen atoms in total. The average Bonchev–Trinajstić information content (AvgIpc) is 2.53. The van der Waals surface area contributed by atoms with Gasteiger partial charge in [0, 0.05) is 0 Å². The highest BCUT2D eigenvalue weighted by Gasteiger charge is 2.02. The summed E-state index contributed by atoms with van der Waals surface area (Å²) in [6, 6.07) is 6.44. The molecule has 0 aliphatic heterocycles. The fourth-order valence-corrected chi connectivity index (χ4v) is 2.40. The summed E-state index contributed by atoms with van der Waals surface area (Å²) in [5.74, 6) is 0.757. The Kier molecular flexibility index (Phi) is 2.91. The molecule has 0 spiro atoms. The van der Waals surface area contributed by atoms with Crippen LogP contribution in [0.4, 0.5) is 5.13 Å². The van der Waals surface area contributed by atoms with Gasteiger partial charge in [0.1, 0.15) is 0 Å². The first-order valence-electron chi connectivity index (χ1n) is 5.30. The molecule has 0 radical (unpaired) electrons. The third-order valence-electron chi connectivity index (χ3n) is 2.48. The number of aryl methyl sites for hydroxylation is 1. The van der Waals surface area contributed by atoms with E-state index < -0.39 is 0 Å². The first-order valence-corrected chi connectivity index (χ1v) is 6.12. The van der Waals surface area contributed by atoms with E-state index in [2.05, 4.69) is 37.0 Å². The van der Waals surface area contributed by atoms with Crippen LogP contribution in [-0.4, -0.2) is 4.98 Å². The molecule has 0 saturated heterocycles. The van der Waals surface area contributed by atoms with Crippen molar-refractivity contribution in [3.63, 3.8) is 0 Å². The minimum atomic E-state index is 0.658. The molecule has 1 aromatic carbocycles. The van der Waals surface area contributed by atoms with Crippen molar-refractivity contribution in [1.82, 2.24) is 4.98 Å². The van der Waals surface area contributed by atoms with Gasteiger partial charge in [0.25, 0.3) is 0 Å². The first-order chi connectivity index (χ1) is 7.15. The smallest absolute Gasteiger partial charge is 0.181 e. The predicted octanol–water partition coefficient (Wildman–Crippen LogP) is 3.47. The molecule has 0 unspecified atom stereocenters. The molecular weight excluding hydrogens is 204 g/mol. The van der Waals surface area contributed by atoms with Crippen LogP contribution in [0.1, 0.15) is 25.8 Å².